The van der Waals surface area contributed by atoms with Gasteiger partial charge in [0.15, 0.2) is 5.75 Å². The van der Waals surface area contributed by atoms with Crippen molar-refractivity contribution < 1.29 is 27.5 Å². The van der Waals surface area contributed by atoms with Gasteiger partial charge < -0.3 is 10.4 Å². The second-order valence-corrected chi connectivity index (χ2v) is 5.35. The smallest absolute Gasteiger partial charge is 0.320 e. The number of amides is 1. The Hall–Kier alpha value is -2.16. The zero-order valence-electron chi connectivity index (χ0n) is 9.81. The van der Waals surface area contributed by atoms with Crippen molar-refractivity contribution in [3.63, 3.8) is 0 Å². The molecule has 0 aliphatic rings. The number of hydrogen-bond donors (Lipinski definition) is 3. The first kappa shape index (κ1) is 14.9. The van der Waals surface area contributed by atoms with E-state index in [0.717, 1.165) is 18.2 Å². The largest absolute Gasteiger partial charge is 0.480 e. The third kappa shape index (κ3) is 4.92. The molecule has 0 radical (unpaired) electrons. The third-order valence-electron chi connectivity index (χ3n) is 1.86. The Bertz CT molecular complexity index is 614. The zero-order valence-corrected chi connectivity index (χ0v) is 10.6. The van der Waals surface area contributed by atoms with E-state index in [0.29, 0.717) is 0 Å². The molecule has 0 heterocycles. The first-order chi connectivity index (χ1) is 8.69. The summed E-state index contributed by atoms with van der Waals surface area (Å²) in [7, 11) is -4.08. The van der Waals surface area contributed by atoms with Crippen molar-refractivity contribution in [2.24, 2.45) is 0 Å². The van der Waals surface area contributed by atoms with Crippen molar-refractivity contribution in [2.45, 2.75) is 6.92 Å². The lowest BCUT2D eigenvalue weighted by Crippen LogP contribution is -2.22. The minimum atomic E-state index is -4.08. The Kier molecular flexibility index (Phi) is 4.43. The number of nitrogens with one attached hydrogen (secondary N) is 2. The van der Waals surface area contributed by atoms with Crippen molar-refractivity contribution in [1.82, 2.24) is 0 Å². The van der Waals surface area contributed by atoms with Crippen LogP contribution in [0.4, 0.5) is 15.8 Å². The van der Waals surface area contributed by atoms with Gasteiger partial charge in [0.1, 0.15) is 5.82 Å². The molecule has 0 aliphatic heterocycles. The van der Waals surface area contributed by atoms with Gasteiger partial charge in [0.05, 0.1) is 11.4 Å². The summed E-state index contributed by atoms with van der Waals surface area (Å²) in [5, 5.41) is 10.6. The number of rotatable bonds is 5. The SMILES string of the molecule is CC(=O)Nc1cc(NS(=O)(=O)CC(=O)O)ccc1F. The average molecular weight is 290 g/mol. The second-order valence-electron chi connectivity index (χ2n) is 3.63. The van der Waals surface area contributed by atoms with Gasteiger partial charge in [0.25, 0.3) is 0 Å². The summed E-state index contributed by atoms with van der Waals surface area (Å²) >= 11 is 0. The molecule has 19 heavy (non-hydrogen) atoms. The maximum absolute atomic E-state index is 13.3. The fourth-order valence-corrected chi connectivity index (χ4v) is 2.14. The summed E-state index contributed by atoms with van der Waals surface area (Å²) < 4.78 is 38.0. The van der Waals surface area contributed by atoms with Gasteiger partial charge in [0, 0.05) is 6.92 Å². The van der Waals surface area contributed by atoms with Crippen molar-refractivity contribution in [3.05, 3.63) is 24.0 Å². The van der Waals surface area contributed by atoms with E-state index in [-0.39, 0.29) is 11.4 Å². The molecular weight excluding hydrogens is 279 g/mol. The van der Waals surface area contributed by atoms with E-state index in [1.165, 1.54) is 6.92 Å². The molecule has 0 spiro atoms. The van der Waals surface area contributed by atoms with Gasteiger partial charge in [-0.1, -0.05) is 0 Å². The Morgan fingerprint density at radius 3 is 2.53 bits per heavy atom. The maximum atomic E-state index is 13.3. The molecule has 7 nitrogen and oxygen atoms in total. The van der Waals surface area contributed by atoms with Gasteiger partial charge >= 0.3 is 5.97 Å². The van der Waals surface area contributed by atoms with E-state index in [2.05, 4.69) is 5.32 Å². The number of hydrogen-bond acceptors (Lipinski definition) is 4. The number of carboxylic acids is 1. The van der Waals surface area contributed by atoms with Crippen LogP contribution in [0.25, 0.3) is 0 Å². The highest BCUT2D eigenvalue weighted by Gasteiger charge is 2.16. The lowest BCUT2D eigenvalue weighted by atomic mass is 10.2. The molecule has 0 aliphatic carbocycles. The van der Waals surface area contributed by atoms with Crippen LogP contribution in [0.5, 0.6) is 0 Å². The van der Waals surface area contributed by atoms with Gasteiger partial charge in [0.2, 0.25) is 15.9 Å². The minimum absolute atomic E-state index is 0.0496. The number of carbonyl (C=O) groups excluding carboxylic acids is 1. The highest BCUT2D eigenvalue weighted by Crippen LogP contribution is 2.20. The van der Waals surface area contributed by atoms with E-state index >= 15 is 0 Å². The Labute approximate surface area is 108 Å². The Balaban J connectivity index is 2.97. The molecule has 0 unspecified atom stereocenters. The number of aliphatic carboxylic acids is 1. The van der Waals surface area contributed by atoms with Crippen LogP contribution in [0.2, 0.25) is 0 Å². The average Bonchev–Trinajstić information content (AvgIpc) is 2.19. The summed E-state index contributed by atoms with van der Waals surface area (Å²) in [5.41, 5.74) is -0.255. The first-order valence-corrected chi connectivity index (χ1v) is 6.64. The molecule has 0 fully saturated rings. The van der Waals surface area contributed by atoms with Crippen molar-refractivity contribution in [1.29, 1.82) is 0 Å². The molecule has 9 heteroatoms. The Morgan fingerprint density at radius 1 is 1.37 bits per heavy atom. The summed E-state index contributed by atoms with van der Waals surface area (Å²) in [6.45, 7) is 1.17. The van der Waals surface area contributed by atoms with Gasteiger partial charge in [-0.15, -0.1) is 0 Å². The quantitative estimate of drug-likeness (QED) is 0.735. The molecule has 1 rings (SSSR count). The van der Waals surface area contributed by atoms with Crippen molar-refractivity contribution in [2.75, 3.05) is 15.8 Å². The highest BCUT2D eigenvalue weighted by atomic mass is 32.2. The van der Waals surface area contributed by atoms with Crippen LogP contribution in [0.1, 0.15) is 6.92 Å². The predicted octanol–water partition coefficient (Wildman–Crippen LogP) is 0.610. The number of sulfonamides is 1. The second kappa shape index (κ2) is 5.65. The number of carbonyl (C=O) groups is 2. The lowest BCUT2D eigenvalue weighted by Gasteiger charge is -2.09. The molecule has 1 amide bonds. The van der Waals surface area contributed by atoms with Gasteiger partial charge in [-0.05, 0) is 18.2 Å². The Morgan fingerprint density at radius 2 is 2.00 bits per heavy atom. The van der Waals surface area contributed by atoms with E-state index < -0.39 is 33.5 Å². The van der Waals surface area contributed by atoms with E-state index in [4.69, 9.17) is 5.11 Å². The van der Waals surface area contributed by atoms with Gasteiger partial charge in [-0.25, -0.2) is 12.8 Å². The van der Waals surface area contributed by atoms with Crippen LogP contribution in [-0.2, 0) is 19.6 Å². The number of benzene rings is 1. The number of halogens is 1. The molecule has 3 N–H and O–H groups in total. The van der Waals surface area contributed by atoms with Crippen LogP contribution >= 0.6 is 0 Å². The molecule has 1 aromatic carbocycles. The van der Waals surface area contributed by atoms with Gasteiger partial charge in [-0.3, -0.25) is 14.3 Å². The number of anilines is 2. The monoisotopic (exact) mass is 290 g/mol. The van der Waals surface area contributed by atoms with Crippen LogP contribution in [-0.4, -0.2) is 31.2 Å². The predicted molar refractivity (Wildman–Crippen MR) is 65.7 cm³/mol. The maximum Gasteiger partial charge on any atom is 0.320 e. The van der Waals surface area contributed by atoms with Gasteiger partial charge in [-0.2, -0.15) is 0 Å². The molecule has 0 atom stereocenters. The summed E-state index contributed by atoms with van der Waals surface area (Å²) in [6.07, 6.45) is 0. The molecular formula is C10H11FN2O5S. The summed E-state index contributed by atoms with van der Waals surface area (Å²) in [5.74, 6) is -3.89. The molecule has 0 saturated heterocycles. The fraction of sp³-hybridized carbons (Fsp3) is 0.200. The zero-order chi connectivity index (χ0) is 14.6. The van der Waals surface area contributed by atoms with Crippen molar-refractivity contribution in [3.8, 4) is 0 Å². The molecule has 1 aromatic rings. The van der Waals surface area contributed by atoms with E-state index in [9.17, 15) is 22.4 Å². The third-order valence-corrected chi connectivity index (χ3v) is 3.04. The van der Waals surface area contributed by atoms with Crippen LogP contribution in [0, 0.1) is 5.82 Å². The summed E-state index contributed by atoms with van der Waals surface area (Å²) in [6, 6.07) is 3.11. The topological polar surface area (TPSA) is 113 Å². The van der Waals surface area contributed by atoms with E-state index in [1.54, 1.807) is 0 Å². The molecule has 0 bridgehead atoms. The lowest BCUT2D eigenvalue weighted by molar-refractivity contribution is -0.134. The van der Waals surface area contributed by atoms with Crippen LogP contribution in [0.15, 0.2) is 18.2 Å². The highest BCUT2D eigenvalue weighted by molar-refractivity contribution is 7.93. The van der Waals surface area contributed by atoms with E-state index in [1.807, 2.05) is 4.72 Å². The molecule has 0 saturated carbocycles. The molecule has 0 aromatic heterocycles. The normalized spacial score (nSPS) is 10.8. The summed E-state index contributed by atoms with van der Waals surface area (Å²) in [4.78, 5) is 21.1. The van der Waals surface area contributed by atoms with Crippen LogP contribution < -0.4 is 10.0 Å². The molecule has 104 valence electrons. The number of carboxylic acid groups (broad SMARTS) is 1. The minimum Gasteiger partial charge on any atom is -0.480 e. The van der Waals surface area contributed by atoms with Crippen LogP contribution in [0.3, 0.4) is 0 Å². The first-order valence-electron chi connectivity index (χ1n) is 4.99. The fourth-order valence-electron chi connectivity index (χ4n) is 1.25. The standard InChI is InChI=1S/C10H11FN2O5S/c1-6(14)12-9-4-7(2-3-8(9)11)13-19(17,18)5-10(15)16/h2-4,13H,5H2,1H3,(H,12,14)(H,15,16). The van der Waals surface area contributed by atoms with Crippen molar-refractivity contribution >= 4 is 33.3 Å².